The van der Waals surface area contributed by atoms with Gasteiger partial charge in [0, 0.05) is 43.9 Å². The summed E-state index contributed by atoms with van der Waals surface area (Å²) in [6.45, 7) is 7.01. The van der Waals surface area contributed by atoms with E-state index < -0.39 is 5.97 Å². The minimum absolute atomic E-state index is 0.204. The lowest BCUT2D eigenvalue weighted by Gasteiger charge is -2.36. The first-order valence-electron chi connectivity index (χ1n) is 11.2. The molecular formula is C25H27ClN4O3. The van der Waals surface area contributed by atoms with Crippen molar-refractivity contribution in [3.63, 3.8) is 0 Å². The minimum atomic E-state index is -0.472. The molecule has 1 aliphatic heterocycles. The fourth-order valence-corrected chi connectivity index (χ4v) is 4.20. The number of carbonyl (C=O) groups excluding carboxylic acids is 2. The van der Waals surface area contributed by atoms with Gasteiger partial charge in [-0.1, -0.05) is 42.8 Å². The second kappa shape index (κ2) is 10.1. The Bertz CT molecular complexity index is 1130. The normalized spacial score (nSPS) is 13.8. The SMILES string of the molecule is CCOC(=O)c1cc(-c2ccc(N3CCN(C(=O)CC)CC3)cc2)n(-c2ccccc2Cl)n1. The molecule has 0 radical (unpaired) electrons. The third-order valence-corrected chi connectivity index (χ3v) is 6.06. The lowest BCUT2D eigenvalue weighted by atomic mass is 10.1. The first kappa shape index (κ1) is 22.9. The van der Waals surface area contributed by atoms with Crippen molar-refractivity contribution in [2.24, 2.45) is 0 Å². The number of piperazine rings is 1. The molecule has 0 aliphatic carbocycles. The predicted molar refractivity (Wildman–Crippen MR) is 129 cm³/mol. The van der Waals surface area contributed by atoms with E-state index in [-0.39, 0.29) is 18.2 Å². The summed E-state index contributed by atoms with van der Waals surface area (Å²) in [6.07, 6.45) is 0.543. The number of aromatic nitrogens is 2. The summed E-state index contributed by atoms with van der Waals surface area (Å²) in [5.74, 6) is -0.268. The summed E-state index contributed by atoms with van der Waals surface area (Å²) < 4.78 is 6.83. The van der Waals surface area contributed by atoms with Crippen LogP contribution in [0.4, 0.5) is 5.69 Å². The van der Waals surface area contributed by atoms with Crippen molar-refractivity contribution in [2.75, 3.05) is 37.7 Å². The molecular weight excluding hydrogens is 440 g/mol. The van der Waals surface area contributed by atoms with Crippen LogP contribution in [0.1, 0.15) is 30.8 Å². The van der Waals surface area contributed by atoms with Crippen molar-refractivity contribution in [1.82, 2.24) is 14.7 Å². The Morgan fingerprint density at radius 1 is 1.00 bits per heavy atom. The van der Waals surface area contributed by atoms with Crippen LogP contribution in [0.25, 0.3) is 16.9 Å². The van der Waals surface area contributed by atoms with Crippen molar-refractivity contribution in [2.45, 2.75) is 20.3 Å². The molecule has 1 amide bonds. The highest BCUT2D eigenvalue weighted by atomic mass is 35.5. The molecule has 172 valence electrons. The highest BCUT2D eigenvalue weighted by molar-refractivity contribution is 6.32. The number of halogens is 1. The van der Waals surface area contributed by atoms with Crippen LogP contribution >= 0.6 is 11.6 Å². The number of para-hydroxylation sites is 1. The van der Waals surface area contributed by atoms with Crippen molar-refractivity contribution >= 4 is 29.2 Å². The molecule has 2 heterocycles. The standard InChI is InChI=1S/C25H27ClN4O3/c1-3-24(31)29-15-13-28(14-16-29)19-11-9-18(10-12-19)23-17-21(25(32)33-4-2)27-30(23)22-8-6-5-7-20(22)26/h5-12,17H,3-4,13-16H2,1-2H3. The molecule has 4 rings (SSSR count). The monoisotopic (exact) mass is 466 g/mol. The van der Waals surface area contributed by atoms with Crippen molar-refractivity contribution in [1.29, 1.82) is 0 Å². The zero-order valence-corrected chi connectivity index (χ0v) is 19.6. The number of nitrogens with zero attached hydrogens (tertiary/aromatic N) is 4. The number of hydrogen-bond acceptors (Lipinski definition) is 5. The third-order valence-electron chi connectivity index (χ3n) is 5.74. The maximum absolute atomic E-state index is 12.3. The molecule has 0 bridgehead atoms. The van der Waals surface area contributed by atoms with Gasteiger partial charge in [-0.2, -0.15) is 5.10 Å². The minimum Gasteiger partial charge on any atom is -0.461 e. The maximum Gasteiger partial charge on any atom is 0.358 e. The van der Waals surface area contributed by atoms with Crippen molar-refractivity contribution in [3.8, 4) is 16.9 Å². The van der Waals surface area contributed by atoms with E-state index in [4.69, 9.17) is 16.3 Å². The lowest BCUT2D eigenvalue weighted by molar-refractivity contribution is -0.131. The second-order valence-corrected chi connectivity index (χ2v) is 8.17. The number of amides is 1. The average Bonchev–Trinajstić information content (AvgIpc) is 3.29. The Hall–Kier alpha value is -3.32. The highest BCUT2D eigenvalue weighted by Crippen LogP contribution is 2.30. The van der Waals surface area contributed by atoms with Gasteiger partial charge in [-0.3, -0.25) is 4.79 Å². The summed E-state index contributed by atoms with van der Waals surface area (Å²) in [5.41, 5.74) is 3.66. The molecule has 0 saturated carbocycles. The van der Waals surface area contributed by atoms with Crippen LogP contribution in [-0.2, 0) is 9.53 Å². The first-order chi connectivity index (χ1) is 16.0. The molecule has 8 heteroatoms. The van der Waals surface area contributed by atoms with E-state index in [1.54, 1.807) is 23.7 Å². The fraction of sp³-hybridized carbons (Fsp3) is 0.320. The number of esters is 1. The number of rotatable bonds is 6. The van der Waals surface area contributed by atoms with Crippen LogP contribution < -0.4 is 4.90 Å². The van der Waals surface area contributed by atoms with Gasteiger partial charge in [-0.15, -0.1) is 0 Å². The van der Waals surface area contributed by atoms with Gasteiger partial charge in [0.15, 0.2) is 5.69 Å². The van der Waals surface area contributed by atoms with Gasteiger partial charge < -0.3 is 14.5 Å². The van der Waals surface area contributed by atoms with Gasteiger partial charge in [-0.25, -0.2) is 9.48 Å². The van der Waals surface area contributed by atoms with E-state index >= 15 is 0 Å². The Morgan fingerprint density at radius 3 is 2.33 bits per heavy atom. The van der Waals surface area contributed by atoms with Gasteiger partial charge in [0.2, 0.25) is 5.91 Å². The van der Waals surface area contributed by atoms with E-state index in [0.29, 0.717) is 17.1 Å². The fourth-order valence-electron chi connectivity index (χ4n) is 3.98. The smallest absolute Gasteiger partial charge is 0.358 e. The van der Waals surface area contributed by atoms with E-state index in [0.717, 1.165) is 43.1 Å². The van der Waals surface area contributed by atoms with Gasteiger partial charge >= 0.3 is 5.97 Å². The molecule has 2 aromatic carbocycles. The maximum atomic E-state index is 12.3. The second-order valence-electron chi connectivity index (χ2n) is 7.77. The molecule has 1 aromatic heterocycles. The first-order valence-corrected chi connectivity index (χ1v) is 11.5. The molecule has 0 spiro atoms. The van der Waals surface area contributed by atoms with E-state index in [1.165, 1.54) is 0 Å². The number of hydrogen-bond donors (Lipinski definition) is 0. The molecule has 0 N–H and O–H groups in total. The van der Waals surface area contributed by atoms with E-state index in [1.807, 2.05) is 42.2 Å². The van der Waals surface area contributed by atoms with Gasteiger partial charge in [0.1, 0.15) is 0 Å². The number of carbonyl (C=O) groups is 2. The molecule has 1 aliphatic rings. The molecule has 1 fully saturated rings. The average molecular weight is 467 g/mol. The van der Waals surface area contributed by atoms with E-state index in [9.17, 15) is 9.59 Å². The van der Waals surface area contributed by atoms with Gasteiger partial charge in [0.25, 0.3) is 0 Å². The Balaban J connectivity index is 1.61. The zero-order chi connectivity index (χ0) is 23.4. The van der Waals surface area contributed by atoms with Crippen LogP contribution in [0.5, 0.6) is 0 Å². The number of anilines is 1. The molecule has 1 saturated heterocycles. The van der Waals surface area contributed by atoms with Crippen LogP contribution in [0, 0.1) is 0 Å². The van der Waals surface area contributed by atoms with Crippen molar-refractivity contribution < 1.29 is 14.3 Å². The third kappa shape index (κ3) is 4.88. The molecule has 33 heavy (non-hydrogen) atoms. The van der Waals surface area contributed by atoms with Gasteiger partial charge in [0.05, 0.1) is 23.0 Å². The van der Waals surface area contributed by atoms with Crippen LogP contribution in [0.3, 0.4) is 0 Å². The predicted octanol–water partition coefficient (Wildman–Crippen LogP) is 4.43. The largest absolute Gasteiger partial charge is 0.461 e. The summed E-state index contributed by atoms with van der Waals surface area (Å²) >= 11 is 6.43. The molecule has 0 atom stereocenters. The number of benzene rings is 2. The summed E-state index contributed by atoms with van der Waals surface area (Å²) in [7, 11) is 0. The quantitative estimate of drug-likeness (QED) is 0.503. The van der Waals surface area contributed by atoms with Crippen molar-refractivity contribution in [3.05, 3.63) is 65.3 Å². The van der Waals surface area contributed by atoms with Gasteiger partial charge in [-0.05, 0) is 37.3 Å². The Morgan fingerprint density at radius 2 is 1.70 bits per heavy atom. The highest BCUT2D eigenvalue weighted by Gasteiger charge is 2.21. The number of ether oxygens (including phenoxy) is 1. The van der Waals surface area contributed by atoms with Crippen LogP contribution in [0.15, 0.2) is 54.6 Å². The van der Waals surface area contributed by atoms with E-state index in [2.05, 4.69) is 22.1 Å². The Kier molecular flexibility index (Phi) is 6.99. The molecule has 7 nitrogen and oxygen atoms in total. The topological polar surface area (TPSA) is 67.7 Å². The van der Waals surface area contributed by atoms with Crippen LogP contribution in [0.2, 0.25) is 5.02 Å². The van der Waals surface area contributed by atoms with Crippen LogP contribution in [-0.4, -0.2) is 59.3 Å². The zero-order valence-electron chi connectivity index (χ0n) is 18.8. The summed E-state index contributed by atoms with van der Waals surface area (Å²) in [5, 5.41) is 5.03. The molecule has 3 aromatic rings. The Labute approximate surface area is 198 Å². The summed E-state index contributed by atoms with van der Waals surface area (Å²) in [6, 6.07) is 17.2. The summed E-state index contributed by atoms with van der Waals surface area (Å²) in [4.78, 5) is 28.5. The molecule has 0 unspecified atom stereocenters. The lowest BCUT2D eigenvalue weighted by Crippen LogP contribution is -2.48.